The summed E-state index contributed by atoms with van der Waals surface area (Å²) in [5.41, 5.74) is 2.86. The predicted octanol–water partition coefficient (Wildman–Crippen LogP) is 2.23. The Morgan fingerprint density at radius 1 is 1.04 bits per heavy atom. The summed E-state index contributed by atoms with van der Waals surface area (Å²) < 4.78 is 15.1. The van der Waals surface area contributed by atoms with Crippen molar-refractivity contribution in [3.63, 3.8) is 0 Å². The number of aromatic nitrogens is 3. The van der Waals surface area contributed by atoms with E-state index in [0.29, 0.717) is 11.0 Å². The second-order valence-electron chi connectivity index (χ2n) is 5.36. The summed E-state index contributed by atoms with van der Waals surface area (Å²) in [4.78, 5) is 26.6. The average molecular weight is 378 g/mol. The molecule has 0 fully saturated rings. The molecule has 0 aliphatic rings. The zero-order valence-electron chi connectivity index (χ0n) is 15.5. The van der Waals surface area contributed by atoms with Crippen LogP contribution in [0.4, 0.5) is 5.69 Å². The molecule has 1 heterocycles. The van der Waals surface area contributed by atoms with Gasteiger partial charge in [0.05, 0.1) is 25.8 Å². The van der Waals surface area contributed by atoms with Gasteiger partial charge in [-0.15, -0.1) is 4.98 Å². The van der Waals surface area contributed by atoms with Crippen molar-refractivity contribution < 1.29 is 19.0 Å². The highest BCUT2D eigenvalue weighted by molar-refractivity contribution is 7.99. The summed E-state index contributed by atoms with van der Waals surface area (Å²) in [6, 6.07) is 6.20. The van der Waals surface area contributed by atoms with Crippen LogP contribution in [0, 0.1) is 13.8 Å². The Kier molecular flexibility index (Phi) is 7.16. The average Bonchev–Trinajstić information content (AvgIpc) is 2.63. The van der Waals surface area contributed by atoms with E-state index < -0.39 is 0 Å². The highest BCUT2D eigenvalue weighted by Gasteiger charge is 2.20. The molecule has 0 N–H and O–H groups in total. The van der Waals surface area contributed by atoms with Gasteiger partial charge in [-0.05, 0) is 25.0 Å². The molecule has 2 aromatic rings. The minimum absolute atomic E-state index is 0.0157. The number of thioether (sulfide) groups is 1. The molecule has 8 nitrogen and oxygen atoms in total. The van der Waals surface area contributed by atoms with Crippen LogP contribution in [0.3, 0.4) is 0 Å². The Morgan fingerprint density at radius 3 is 2.12 bits per heavy atom. The number of carbonyl (C=O) groups is 1. The SMILES string of the molecule is COCC(=O)N(CSc1nc(OC)nc(OC)n1)c1c(C)cccc1C. The maximum Gasteiger partial charge on any atom is 0.323 e. The molecule has 9 heteroatoms. The van der Waals surface area contributed by atoms with Gasteiger partial charge < -0.3 is 14.2 Å². The van der Waals surface area contributed by atoms with Crippen LogP contribution >= 0.6 is 11.8 Å². The lowest BCUT2D eigenvalue weighted by molar-refractivity contribution is -0.121. The number of anilines is 1. The molecule has 0 radical (unpaired) electrons. The molecule has 1 aromatic carbocycles. The van der Waals surface area contributed by atoms with Gasteiger partial charge in [0.2, 0.25) is 0 Å². The minimum Gasteiger partial charge on any atom is -0.467 e. The number of aryl methyl sites for hydroxylation is 2. The van der Waals surface area contributed by atoms with E-state index in [9.17, 15) is 4.79 Å². The minimum atomic E-state index is -0.148. The number of hydrogen-bond donors (Lipinski definition) is 0. The Morgan fingerprint density at radius 2 is 1.62 bits per heavy atom. The monoisotopic (exact) mass is 378 g/mol. The van der Waals surface area contributed by atoms with Crippen molar-refractivity contribution in [3.8, 4) is 12.0 Å². The molecule has 0 unspecified atom stereocenters. The van der Waals surface area contributed by atoms with Gasteiger partial charge in [0.15, 0.2) is 5.16 Å². The van der Waals surface area contributed by atoms with Crippen molar-refractivity contribution in [2.75, 3.05) is 38.7 Å². The van der Waals surface area contributed by atoms with Crippen molar-refractivity contribution in [1.82, 2.24) is 15.0 Å². The Bertz CT molecular complexity index is 730. The zero-order chi connectivity index (χ0) is 19.1. The van der Waals surface area contributed by atoms with Crippen LogP contribution in [-0.2, 0) is 9.53 Å². The van der Waals surface area contributed by atoms with Gasteiger partial charge >= 0.3 is 12.0 Å². The lowest BCUT2D eigenvalue weighted by atomic mass is 10.1. The fourth-order valence-corrected chi connectivity index (χ4v) is 3.19. The van der Waals surface area contributed by atoms with Crippen molar-refractivity contribution in [1.29, 1.82) is 0 Å². The van der Waals surface area contributed by atoms with E-state index in [1.54, 1.807) is 4.90 Å². The number of ether oxygens (including phenoxy) is 3. The number of benzene rings is 1. The van der Waals surface area contributed by atoms with Crippen LogP contribution in [0.15, 0.2) is 23.4 Å². The van der Waals surface area contributed by atoms with Crippen LogP contribution in [-0.4, -0.2) is 54.7 Å². The maximum atomic E-state index is 12.6. The molecule has 140 valence electrons. The number of rotatable bonds is 8. The Balaban J connectivity index is 2.30. The molecule has 0 bridgehead atoms. The molecule has 0 aliphatic carbocycles. The molecule has 0 atom stereocenters. The molecule has 0 aliphatic heterocycles. The largest absolute Gasteiger partial charge is 0.467 e. The first-order chi connectivity index (χ1) is 12.5. The lowest BCUT2D eigenvalue weighted by Gasteiger charge is -2.25. The van der Waals surface area contributed by atoms with Crippen molar-refractivity contribution in [2.24, 2.45) is 0 Å². The normalized spacial score (nSPS) is 10.5. The van der Waals surface area contributed by atoms with Crippen molar-refractivity contribution in [3.05, 3.63) is 29.3 Å². The Labute approximate surface area is 156 Å². The third-order valence-corrected chi connectivity index (χ3v) is 4.37. The van der Waals surface area contributed by atoms with E-state index in [1.807, 2.05) is 32.0 Å². The topological polar surface area (TPSA) is 86.7 Å². The van der Waals surface area contributed by atoms with E-state index in [1.165, 1.54) is 33.1 Å². The highest BCUT2D eigenvalue weighted by atomic mass is 32.2. The third-order valence-electron chi connectivity index (χ3n) is 3.54. The van der Waals surface area contributed by atoms with Gasteiger partial charge in [0.25, 0.3) is 5.91 Å². The van der Waals surface area contributed by atoms with E-state index in [0.717, 1.165) is 16.8 Å². The smallest absolute Gasteiger partial charge is 0.323 e. The van der Waals surface area contributed by atoms with Gasteiger partial charge in [-0.1, -0.05) is 30.0 Å². The van der Waals surface area contributed by atoms with E-state index >= 15 is 0 Å². The maximum absolute atomic E-state index is 12.6. The first kappa shape index (κ1) is 19.9. The molecule has 0 spiro atoms. The molecular weight excluding hydrogens is 356 g/mol. The number of methoxy groups -OCH3 is 3. The summed E-state index contributed by atoms with van der Waals surface area (Å²) >= 11 is 1.28. The standard InChI is InChI=1S/C17H22N4O4S/c1-11-7-6-8-12(2)14(11)21(13(22)9-23-3)10-26-17-19-15(24-4)18-16(20-17)25-5/h6-8H,9-10H2,1-5H3. The Hall–Kier alpha value is -2.39. The highest BCUT2D eigenvalue weighted by Crippen LogP contribution is 2.28. The van der Waals surface area contributed by atoms with Crippen LogP contribution < -0.4 is 14.4 Å². The molecule has 2 rings (SSSR count). The number of para-hydroxylation sites is 1. The number of amides is 1. The molecule has 1 aromatic heterocycles. The van der Waals surface area contributed by atoms with Crippen LogP contribution in [0.25, 0.3) is 0 Å². The second kappa shape index (κ2) is 9.35. The van der Waals surface area contributed by atoms with E-state index in [4.69, 9.17) is 14.2 Å². The molecule has 0 saturated heterocycles. The zero-order valence-corrected chi connectivity index (χ0v) is 16.3. The quantitative estimate of drug-likeness (QED) is 0.511. The van der Waals surface area contributed by atoms with E-state index in [-0.39, 0.29) is 24.5 Å². The number of nitrogens with zero attached hydrogens (tertiary/aromatic N) is 4. The van der Waals surface area contributed by atoms with Crippen LogP contribution in [0.1, 0.15) is 11.1 Å². The van der Waals surface area contributed by atoms with Crippen molar-refractivity contribution in [2.45, 2.75) is 19.0 Å². The summed E-state index contributed by atoms with van der Waals surface area (Å²) in [6.07, 6.45) is 0. The molecule has 0 saturated carbocycles. The molecule has 1 amide bonds. The van der Waals surface area contributed by atoms with Gasteiger partial charge in [0.1, 0.15) is 6.61 Å². The first-order valence-corrected chi connectivity index (χ1v) is 8.81. The van der Waals surface area contributed by atoms with Gasteiger partial charge in [-0.3, -0.25) is 9.69 Å². The van der Waals surface area contributed by atoms with Crippen LogP contribution in [0.2, 0.25) is 0 Å². The summed E-state index contributed by atoms with van der Waals surface area (Å²) in [6.45, 7) is 3.92. The van der Waals surface area contributed by atoms with Gasteiger partial charge in [0, 0.05) is 7.11 Å². The van der Waals surface area contributed by atoms with Crippen LogP contribution in [0.5, 0.6) is 12.0 Å². The van der Waals surface area contributed by atoms with Gasteiger partial charge in [-0.2, -0.15) is 9.97 Å². The predicted molar refractivity (Wildman–Crippen MR) is 98.9 cm³/mol. The summed E-state index contributed by atoms with van der Waals surface area (Å²) in [5.74, 6) is 0.162. The van der Waals surface area contributed by atoms with E-state index in [2.05, 4.69) is 15.0 Å². The fourth-order valence-electron chi connectivity index (χ4n) is 2.38. The molecular formula is C17H22N4O4S. The number of carbonyl (C=O) groups excluding carboxylic acids is 1. The molecule has 26 heavy (non-hydrogen) atoms. The second-order valence-corrected chi connectivity index (χ2v) is 6.27. The fraction of sp³-hybridized carbons (Fsp3) is 0.412. The first-order valence-electron chi connectivity index (χ1n) is 7.82. The van der Waals surface area contributed by atoms with Crippen molar-refractivity contribution >= 4 is 23.4 Å². The van der Waals surface area contributed by atoms with Gasteiger partial charge in [-0.25, -0.2) is 0 Å². The summed E-state index contributed by atoms with van der Waals surface area (Å²) in [7, 11) is 4.43. The lowest BCUT2D eigenvalue weighted by Crippen LogP contribution is -2.34. The summed E-state index contributed by atoms with van der Waals surface area (Å²) in [5, 5.41) is 0.398. The number of hydrogen-bond acceptors (Lipinski definition) is 8. The third kappa shape index (κ3) is 4.83.